The smallest absolute Gasteiger partial charge is 0.271 e. The van der Waals surface area contributed by atoms with E-state index in [9.17, 15) is 18.0 Å². The average molecular weight is 342 g/mol. The molecule has 8 nitrogen and oxygen atoms in total. The standard InChI is InChI=1S/C14H22N4O4S/c1-10-13(19)15-6-5-7-18(10)14(20)12-8-11(9-17(12)4)23(21,22)16(2)3/h8-10H,5-7H2,1-4H3,(H,15,19)/t10-/m0/s1. The molecule has 1 fully saturated rings. The van der Waals surface area contributed by atoms with Crippen molar-refractivity contribution in [3.8, 4) is 0 Å². The zero-order valence-corrected chi connectivity index (χ0v) is 14.6. The largest absolute Gasteiger partial charge is 0.354 e. The van der Waals surface area contributed by atoms with Crippen molar-refractivity contribution in [2.45, 2.75) is 24.3 Å². The predicted octanol–water partition coefficient (Wildman–Crippen LogP) is -0.374. The quantitative estimate of drug-likeness (QED) is 0.811. The predicted molar refractivity (Wildman–Crippen MR) is 84.4 cm³/mol. The molecular weight excluding hydrogens is 320 g/mol. The molecule has 1 aromatic heterocycles. The molecule has 1 saturated heterocycles. The minimum Gasteiger partial charge on any atom is -0.354 e. The van der Waals surface area contributed by atoms with E-state index in [0.29, 0.717) is 19.5 Å². The molecule has 9 heteroatoms. The maximum absolute atomic E-state index is 12.8. The molecule has 0 aromatic carbocycles. The van der Waals surface area contributed by atoms with E-state index in [-0.39, 0.29) is 22.4 Å². The van der Waals surface area contributed by atoms with Crippen LogP contribution in [0.4, 0.5) is 0 Å². The molecule has 0 bridgehead atoms. The van der Waals surface area contributed by atoms with Crippen LogP contribution in [0.5, 0.6) is 0 Å². The number of carbonyl (C=O) groups is 2. The second kappa shape index (κ2) is 6.32. The van der Waals surface area contributed by atoms with Gasteiger partial charge in [-0.2, -0.15) is 0 Å². The van der Waals surface area contributed by atoms with Crippen LogP contribution < -0.4 is 5.32 Å². The zero-order chi connectivity index (χ0) is 17.4. The molecule has 0 spiro atoms. The van der Waals surface area contributed by atoms with Gasteiger partial charge in [-0.05, 0) is 19.4 Å². The lowest BCUT2D eigenvalue weighted by Gasteiger charge is -2.25. The summed E-state index contributed by atoms with van der Waals surface area (Å²) in [6.45, 7) is 2.64. The lowest BCUT2D eigenvalue weighted by Crippen LogP contribution is -2.45. The normalized spacial score (nSPS) is 19.6. The summed E-state index contributed by atoms with van der Waals surface area (Å²) in [5, 5.41) is 2.75. The van der Waals surface area contributed by atoms with E-state index in [4.69, 9.17) is 0 Å². The van der Waals surface area contributed by atoms with Gasteiger partial charge in [-0.15, -0.1) is 0 Å². The van der Waals surface area contributed by atoms with E-state index >= 15 is 0 Å². The number of nitrogens with zero attached hydrogens (tertiary/aromatic N) is 3. The van der Waals surface area contributed by atoms with Gasteiger partial charge in [-0.3, -0.25) is 9.59 Å². The summed E-state index contributed by atoms with van der Waals surface area (Å²) in [6, 6.07) is 0.765. The third-order valence-electron chi connectivity index (χ3n) is 3.96. The van der Waals surface area contributed by atoms with Crippen molar-refractivity contribution >= 4 is 21.8 Å². The number of rotatable bonds is 3. The summed E-state index contributed by atoms with van der Waals surface area (Å²) < 4.78 is 27.0. The number of hydrogen-bond acceptors (Lipinski definition) is 4. The molecule has 2 rings (SSSR count). The summed E-state index contributed by atoms with van der Waals surface area (Å²) in [6.07, 6.45) is 2.07. The van der Waals surface area contributed by atoms with Crippen LogP contribution in [0.25, 0.3) is 0 Å². The first kappa shape index (κ1) is 17.5. The van der Waals surface area contributed by atoms with Gasteiger partial charge < -0.3 is 14.8 Å². The Morgan fingerprint density at radius 2 is 2.04 bits per heavy atom. The fourth-order valence-electron chi connectivity index (χ4n) is 2.47. The van der Waals surface area contributed by atoms with Crippen molar-refractivity contribution in [1.82, 2.24) is 19.1 Å². The lowest BCUT2D eigenvalue weighted by molar-refractivity contribution is -0.124. The maximum atomic E-state index is 12.8. The highest BCUT2D eigenvalue weighted by Crippen LogP contribution is 2.19. The van der Waals surface area contributed by atoms with E-state index in [0.717, 1.165) is 4.31 Å². The van der Waals surface area contributed by atoms with Crippen molar-refractivity contribution in [3.63, 3.8) is 0 Å². The molecule has 2 heterocycles. The number of hydrogen-bond donors (Lipinski definition) is 1. The monoisotopic (exact) mass is 342 g/mol. The molecule has 0 radical (unpaired) electrons. The fraction of sp³-hybridized carbons (Fsp3) is 0.571. The van der Waals surface area contributed by atoms with Gasteiger partial charge >= 0.3 is 0 Å². The van der Waals surface area contributed by atoms with Gasteiger partial charge in [0.05, 0.1) is 0 Å². The first-order chi connectivity index (χ1) is 10.7. The second-order valence-corrected chi connectivity index (χ2v) is 7.93. The molecule has 1 aliphatic rings. The van der Waals surface area contributed by atoms with Gasteiger partial charge in [0.15, 0.2) is 0 Å². The van der Waals surface area contributed by atoms with E-state index in [1.807, 2.05) is 0 Å². The molecule has 1 atom stereocenters. The summed E-state index contributed by atoms with van der Waals surface area (Å²) in [5.41, 5.74) is 0.243. The SMILES string of the molecule is C[C@H]1C(=O)NCCCN1C(=O)c1cc(S(=O)(=O)N(C)C)cn1C. The fourth-order valence-corrected chi connectivity index (χ4v) is 3.44. The highest BCUT2D eigenvalue weighted by atomic mass is 32.2. The Morgan fingerprint density at radius 3 is 2.65 bits per heavy atom. The maximum Gasteiger partial charge on any atom is 0.271 e. The van der Waals surface area contributed by atoms with Crippen LogP contribution in [0.1, 0.15) is 23.8 Å². The number of carbonyl (C=O) groups excluding carboxylic acids is 2. The van der Waals surface area contributed by atoms with Crippen LogP contribution in [0.15, 0.2) is 17.2 Å². The number of nitrogens with one attached hydrogen (secondary N) is 1. The van der Waals surface area contributed by atoms with Crippen molar-refractivity contribution in [3.05, 3.63) is 18.0 Å². The molecule has 1 N–H and O–H groups in total. The molecule has 128 valence electrons. The van der Waals surface area contributed by atoms with E-state index in [1.54, 1.807) is 14.0 Å². The Bertz CT molecular complexity index is 723. The molecule has 2 amide bonds. The van der Waals surface area contributed by atoms with Gasteiger partial charge in [-0.25, -0.2) is 12.7 Å². The van der Waals surface area contributed by atoms with Crippen LogP contribution in [-0.2, 0) is 21.9 Å². The Morgan fingerprint density at radius 1 is 1.39 bits per heavy atom. The molecule has 0 saturated carbocycles. The number of aromatic nitrogens is 1. The van der Waals surface area contributed by atoms with Crippen molar-refractivity contribution in [2.75, 3.05) is 27.2 Å². The van der Waals surface area contributed by atoms with Crippen molar-refractivity contribution < 1.29 is 18.0 Å². The van der Waals surface area contributed by atoms with Crippen LogP contribution in [-0.4, -0.2) is 67.2 Å². The Labute approximate surface area is 136 Å². The second-order valence-electron chi connectivity index (χ2n) is 5.78. The third kappa shape index (κ3) is 3.25. The van der Waals surface area contributed by atoms with E-state index < -0.39 is 16.1 Å². The molecule has 0 unspecified atom stereocenters. The highest BCUT2D eigenvalue weighted by molar-refractivity contribution is 7.89. The lowest BCUT2D eigenvalue weighted by atomic mass is 10.2. The zero-order valence-electron chi connectivity index (χ0n) is 13.7. The third-order valence-corrected chi connectivity index (χ3v) is 5.74. The summed E-state index contributed by atoms with van der Waals surface area (Å²) in [4.78, 5) is 26.2. The number of aryl methyl sites for hydroxylation is 1. The van der Waals surface area contributed by atoms with Crippen LogP contribution in [0.3, 0.4) is 0 Å². The Balaban J connectivity index is 2.37. The molecular formula is C14H22N4O4S. The molecule has 0 aliphatic carbocycles. The minimum absolute atomic E-state index is 0.0558. The van der Waals surface area contributed by atoms with Gasteiger partial charge in [-0.1, -0.05) is 0 Å². The topological polar surface area (TPSA) is 91.7 Å². The van der Waals surface area contributed by atoms with Crippen molar-refractivity contribution in [1.29, 1.82) is 0 Å². The first-order valence-corrected chi connectivity index (χ1v) is 8.78. The van der Waals surface area contributed by atoms with Gasteiger partial charge in [0.1, 0.15) is 16.6 Å². The minimum atomic E-state index is -3.61. The Kier molecular flexibility index (Phi) is 4.81. The summed E-state index contributed by atoms with van der Waals surface area (Å²) in [5.74, 6) is -0.552. The van der Waals surface area contributed by atoms with Gasteiger partial charge in [0, 0.05) is 40.4 Å². The molecule has 1 aromatic rings. The average Bonchev–Trinajstić information content (AvgIpc) is 2.80. The summed E-state index contributed by atoms with van der Waals surface area (Å²) >= 11 is 0. The summed E-state index contributed by atoms with van der Waals surface area (Å²) in [7, 11) is 0.875. The first-order valence-electron chi connectivity index (χ1n) is 7.34. The van der Waals surface area contributed by atoms with E-state index in [1.165, 1.54) is 35.8 Å². The van der Waals surface area contributed by atoms with Crippen LogP contribution in [0.2, 0.25) is 0 Å². The van der Waals surface area contributed by atoms with E-state index in [2.05, 4.69) is 5.32 Å². The molecule has 1 aliphatic heterocycles. The van der Waals surface area contributed by atoms with Crippen LogP contribution >= 0.6 is 0 Å². The molecule has 23 heavy (non-hydrogen) atoms. The highest BCUT2D eigenvalue weighted by Gasteiger charge is 2.31. The van der Waals surface area contributed by atoms with Gasteiger partial charge in [0.2, 0.25) is 15.9 Å². The van der Waals surface area contributed by atoms with Crippen LogP contribution in [0, 0.1) is 0 Å². The number of amides is 2. The van der Waals surface area contributed by atoms with Gasteiger partial charge in [0.25, 0.3) is 5.91 Å². The Hall–Kier alpha value is -1.87. The number of sulfonamides is 1. The van der Waals surface area contributed by atoms with Crippen molar-refractivity contribution in [2.24, 2.45) is 7.05 Å².